The van der Waals surface area contributed by atoms with Gasteiger partial charge in [0.25, 0.3) is 0 Å². The van der Waals surface area contributed by atoms with Crippen LogP contribution in [0.5, 0.6) is 17.2 Å². The Labute approximate surface area is 176 Å². The summed E-state index contributed by atoms with van der Waals surface area (Å²) in [5, 5.41) is 2.81. The second-order valence-electron chi connectivity index (χ2n) is 6.68. The van der Waals surface area contributed by atoms with Crippen LogP contribution < -0.4 is 19.5 Å². The molecule has 0 bridgehead atoms. The average Bonchev–Trinajstić information content (AvgIpc) is 2.77. The molecule has 3 rings (SSSR count). The van der Waals surface area contributed by atoms with E-state index in [2.05, 4.69) is 18.3 Å². The standard InChI is InChI=1S/C25H25NO4/c1-18-7-4-5-8-20(18)17-30-23-13-11-19(15-24(23)29-3)12-14-25(27)26-21-9-6-10-22(16-21)28-2/h4-16H,17H2,1-3H3,(H,26,27). The minimum atomic E-state index is -0.234. The van der Waals surface area contributed by atoms with E-state index in [1.165, 1.54) is 11.6 Å². The van der Waals surface area contributed by atoms with Gasteiger partial charge in [0.2, 0.25) is 5.91 Å². The SMILES string of the molecule is COc1cccc(NC(=O)C=Cc2ccc(OCc3ccccc3C)c(OC)c2)c1. The maximum absolute atomic E-state index is 12.2. The maximum atomic E-state index is 12.2. The maximum Gasteiger partial charge on any atom is 0.248 e. The van der Waals surface area contributed by atoms with Crippen LogP contribution in [0, 0.1) is 6.92 Å². The van der Waals surface area contributed by atoms with Crippen molar-refractivity contribution in [3.8, 4) is 17.2 Å². The molecule has 0 aliphatic heterocycles. The molecule has 0 aliphatic rings. The van der Waals surface area contributed by atoms with Gasteiger partial charge in [-0.2, -0.15) is 0 Å². The van der Waals surface area contributed by atoms with Crippen LogP contribution in [0.4, 0.5) is 5.69 Å². The van der Waals surface area contributed by atoms with Gasteiger partial charge < -0.3 is 19.5 Å². The van der Waals surface area contributed by atoms with Gasteiger partial charge in [-0.25, -0.2) is 0 Å². The van der Waals surface area contributed by atoms with Crippen molar-refractivity contribution in [2.24, 2.45) is 0 Å². The van der Waals surface area contributed by atoms with Gasteiger partial charge in [0, 0.05) is 17.8 Å². The summed E-state index contributed by atoms with van der Waals surface area (Å²) in [6.07, 6.45) is 3.20. The van der Waals surface area contributed by atoms with Gasteiger partial charge in [0.05, 0.1) is 14.2 Å². The van der Waals surface area contributed by atoms with E-state index in [1.54, 1.807) is 32.4 Å². The number of hydrogen-bond donors (Lipinski definition) is 1. The molecule has 30 heavy (non-hydrogen) atoms. The Morgan fingerprint density at radius 3 is 2.53 bits per heavy atom. The fourth-order valence-corrected chi connectivity index (χ4v) is 2.89. The van der Waals surface area contributed by atoms with Gasteiger partial charge >= 0.3 is 0 Å². The molecule has 0 spiro atoms. The molecule has 0 unspecified atom stereocenters. The number of amides is 1. The fourth-order valence-electron chi connectivity index (χ4n) is 2.89. The third-order valence-electron chi connectivity index (χ3n) is 4.60. The Hall–Kier alpha value is -3.73. The van der Waals surface area contributed by atoms with Crippen molar-refractivity contribution in [1.82, 2.24) is 0 Å². The second kappa shape index (κ2) is 10.2. The lowest BCUT2D eigenvalue weighted by Gasteiger charge is -2.12. The Kier molecular flexibility index (Phi) is 7.11. The number of carbonyl (C=O) groups is 1. The van der Waals surface area contributed by atoms with E-state index in [1.807, 2.05) is 48.5 Å². The van der Waals surface area contributed by atoms with Gasteiger partial charge in [-0.3, -0.25) is 4.79 Å². The first-order valence-corrected chi connectivity index (χ1v) is 9.57. The van der Waals surface area contributed by atoms with Crippen LogP contribution in [0.15, 0.2) is 72.8 Å². The van der Waals surface area contributed by atoms with Crippen molar-refractivity contribution < 1.29 is 19.0 Å². The first-order valence-electron chi connectivity index (χ1n) is 9.57. The van der Waals surface area contributed by atoms with Gasteiger partial charge in [-0.05, 0) is 54.0 Å². The zero-order valence-corrected chi connectivity index (χ0v) is 17.3. The van der Waals surface area contributed by atoms with E-state index in [4.69, 9.17) is 14.2 Å². The highest BCUT2D eigenvalue weighted by Gasteiger charge is 2.07. The summed E-state index contributed by atoms with van der Waals surface area (Å²) in [6, 6.07) is 20.9. The predicted molar refractivity (Wildman–Crippen MR) is 119 cm³/mol. The highest BCUT2D eigenvalue weighted by molar-refractivity contribution is 6.02. The van der Waals surface area contributed by atoms with Crippen LogP contribution in [0.3, 0.4) is 0 Å². The zero-order chi connectivity index (χ0) is 21.3. The van der Waals surface area contributed by atoms with Crippen molar-refractivity contribution in [3.05, 3.63) is 89.5 Å². The number of aryl methyl sites for hydroxylation is 1. The van der Waals surface area contributed by atoms with E-state index in [9.17, 15) is 4.79 Å². The molecule has 0 aliphatic carbocycles. The zero-order valence-electron chi connectivity index (χ0n) is 17.3. The van der Waals surface area contributed by atoms with Crippen molar-refractivity contribution in [2.75, 3.05) is 19.5 Å². The Morgan fingerprint density at radius 2 is 1.77 bits per heavy atom. The molecule has 5 heteroatoms. The van der Waals surface area contributed by atoms with Crippen molar-refractivity contribution in [1.29, 1.82) is 0 Å². The van der Waals surface area contributed by atoms with Crippen LogP contribution in [0.2, 0.25) is 0 Å². The summed E-state index contributed by atoms with van der Waals surface area (Å²) in [6.45, 7) is 2.52. The summed E-state index contributed by atoms with van der Waals surface area (Å²) in [7, 11) is 3.18. The third kappa shape index (κ3) is 5.64. The molecule has 1 N–H and O–H groups in total. The van der Waals surface area contributed by atoms with Gasteiger partial charge in [0.1, 0.15) is 12.4 Å². The molecule has 3 aromatic carbocycles. The van der Waals surface area contributed by atoms with Gasteiger partial charge in [0.15, 0.2) is 11.5 Å². The molecule has 0 saturated carbocycles. The van der Waals surface area contributed by atoms with Crippen LogP contribution >= 0.6 is 0 Å². The largest absolute Gasteiger partial charge is 0.497 e. The molecule has 0 heterocycles. The quantitative estimate of drug-likeness (QED) is 0.523. The predicted octanol–water partition coefficient (Wildman–Crippen LogP) is 5.24. The summed E-state index contributed by atoms with van der Waals surface area (Å²) in [5.41, 5.74) is 3.80. The first-order chi connectivity index (χ1) is 14.6. The second-order valence-corrected chi connectivity index (χ2v) is 6.68. The highest BCUT2D eigenvalue weighted by Crippen LogP contribution is 2.29. The number of benzene rings is 3. The van der Waals surface area contributed by atoms with Crippen molar-refractivity contribution in [3.63, 3.8) is 0 Å². The van der Waals surface area contributed by atoms with Gasteiger partial charge in [-0.1, -0.05) is 36.4 Å². The van der Waals surface area contributed by atoms with Crippen LogP contribution in [-0.2, 0) is 11.4 Å². The summed E-state index contributed by atoms with van der Waals surface area (Å²) in [5.74, 6) is 1.71. The molecule has 0 aromatic heterocycles. The van der Waals surface area contributed by atoms with E-state index in [0.29, 0.717) is 29.5 Å². The summed E-state index contributed by atoms with van der Waals surface area (Å²) < 4.78 is 16.6. The molecule has 5 nitrogen and oxygen atoms in total. The minimum absolute atomic E-state index is 0.234. The Morgan fingerprint density at radius 1 is 0.933 bits per heavy atom. The highest BCUT2D eigenvalue weighted by atomic mass is 16.5. The normalized spacial score (nSPS) is 10.6. The molecule has 154 valence electrons. The molecule has 1 amide bonds. The molecule has 0 radical (unpaired) electrons. The molecular weight excluding hydrogens is 378 g/mol. The van der Waals surface area contributed by atoms with E-state index in [-0.39, 0.29) is 5.91 Å². The smallest absolute Gasteiger partial charge is 0.248 e. The fraction of sp³-hybridized carbons (Fsp3) is 0.160. The van der Waals surface area contributed by atoms with Crippen LogP contribution in [0.25, 0.3) is 6.08 Å². The summed E-state index contributed by atoms with van der Waals surface area (Å²) >= 11 is 0. The third-order valence-corrected chi connectivity index (χ3v) is 4.60. The lowest BCUT2D eigenvalue weighted by molar-refractivity contribution is -0.111. The number of carbonyl (C=O) groups excluding carboxylic acids is 1. The monoisotopic (exact) mass is 403 g/mol. The Balaban J connectivity index is 1.64. The topological polar surface area (TPSA) is 56.8 Å². The number of rotatable bonds is 8. The lowest BCUT2D eigenvalue weighted by Crippen LogP contribution is -2.07. The van der Waals surface area contributed by atoms with E-state index < -0.39 is 0 Å². The molecule has 3 aromatic rings. The van der Waals surface area contributed by atoms with Crippen molar-refractivity contribution >= 4 is 17.7 Å². The number of ether oxygens (including phenoxy) is 3. The Bertz CT molecular complexity index is 1040. The minimum Gasteiger partial charge on any atom is -0.497 e. The molecule has 0 atom stereocenters. The number of nitrogens with one attached hydrogen (secondary N) is 1. The number of anilines is 1. The van der Waals surface area contributed by atoms with E-state index in [0.717, 1.165) is 11.1 Å². The number of hydrogen-bond acceptors (Lipinski definition) is 4. The van der Waals surface area contributed by atoms with Crippen molar-refractivity contribution in [2.45, 2.75) is 13.5 Å². The molecular formula is C25H25NO4. The summed E-state index contributed by atoms with van der Waals surface area (Å²) in [4.78, 5) is 12.2. The lowest BCUT2D eigenvalue weighted by atomic mass is 10.1. The average molecular weight is 403 g/mol. The first kappa shape index (κ1) is 21.0. The van der Waals surface area contributed by atoms with Crippen LogP contribution in [0.1, 0.15) is 16.7 Å². The van der Waals surface area contributed by atoms with Gasteiger partial charge in [-0.15, -0.1) is 0 Å². The molecule has 0 fully saturated rings. The van der Waals surface area contributed by atoms with E-state index >= 15 is 0 Å². The molecule has 0 saturated heterocycles. The number of methoxy groups -OCH3 is 2. The van der Waals surface area contributed by atoms with Crippen LogP contribution in [-0.4, -0.2) is 20.1 Å².